The number of nitrogens with zero attached hydrogens (tertiary/aromatic N) is 2. The van der Waals surface area contributed by atoms with Crippen LogP contribution < -0.4 is 5.32 Å². The van der Waals surface area contributed by atoms with Gasteiger partial charge in [-0.25, -0.2) is 0 Å². The monoisotopic (exact) mass is 603 g/mol. The number of carbonyl (C=O) groups is 1. The molecule has 0 bridgehead atoms. The van der Waals surface area contributed by atoms with E-state index < -0.39 is 7.60 Å². The molecule has 2 N–H and O–H groups in total. The van der Waals surface area contributed by atoms with Crippen molar-refractivity contribution in [1.29, 1.82) is 0 Å². The number of fused-ring (bicyclic) bond motifs is 1. The fraction of sp³-hybridized carbons (Fsp3) is 0.519. The van der Waals surface area contributed by atoms with Crippen LogP contribution in [0.3, 0.4) is 0 Å². The van der Waals surface area contributed by atoms with Gasteiger partial charge in [-0.2, -0.15) is 0 Å². The van der Waals surface area contributed by atoms with Gasteiger partial charge in [0.05, 0.1) is 35.3 Å². The largest absolute Gasteiger partial charge is 0.384 e. The van der Waals surface area contributed by atoms with Gasteiger partial charge in [-0.3, -0.25) is 14.3 Å². The average Bonchev–Trinajstić information content (AvgIpc) is 3.40. The molecule has 1 unspecified atom stereocenters. The van der Waals surface area contributed by atoms with Crippen molar-refractivity contribution in [1.82, 2.24) is 9.80 Å². The first-order valence-electron chi connectivity index (χ1n) is 12.9. The van der Waals surface area contributed by atoms with Crippen molar-refractivity contribution in [3.05, 3.63) is 63.1 Å². The molecule has 1 aliphatic heterocycles. The molecule has 1 heterocycles. The van der Waals surface area contributed by atoms with E-state index in [0.717, 1.165) is 42.7 Å². The van der Waals surface area contributed by atoms with Crippen LogP contribution in [-0.2, 0) is 26.7 Å². The summed E-state index contributed by atoms with van der Waals surface area (Å²) in [6.07, 6.45) is 4.58. The number of carbonyl (C=O) groups excluding carboxylic acids is 1. The van der Waals surface area contributed by atoms with Gasteiger partial charge in [0, 0.05) is 25.3 Å². The van der Waals surface area contributed by atoms with Gasteiger partial charge in [0.1, 0.15) is 0 Å². The first kappa shape index (κ1) is 31.2. The summed E-state index contributed by atoms with van der Waals surface area (Å²) in [5, 5.41) is 4.19. The van der Waals surface area contributed by atoms with E-state index >= 15 is 0 Å². The number of hydrogen-bond donors (Lipinski definition) is 2. The Morgan fingerprint density at radius 3 is 2.61 bits per heavy atom. The zero-order chi connectivity index (χ0) is 26.6. The van der Waals surface area contributed by atoms with E-state index in [-0.39, 0.29) is 49.6 Å². The summed E-state index contributed by atoms with van der Waals surface area (Å²) < 4.78 is 17.0. The topological polar surface area (TPSA) is 82.1 Å². The summed E-state index contributed by atoms with van der Waals surface area (Å²) >= 11 is 12.3. The maximum absolute atomic E-state index is 13.6. The first-order chi connectivity index (χ1) is 17.7. The maximum atomic E-state index is 13.6. The van der Waals surface area contributed by atoms with Crippen LogP contribution in [0.4, 0.5) is 5.69 Å². The molecule has 2 aromatic carbocycles. The van der Waals surface area contributed by atoms with Gasteiger partial charge in [-0.1, -0.05) is 35.3 Å². The Labute approximate surface area is 241 Å². The van der Waals surface area contributed by atoms with Crippen LogP contribution in [0.5, 0.6) is 0 Å². The van der Waals surface area contributed by atoms with Crippen LogP contribution in [0.1, 0.15) is 48.9 Å². The number of amides is 1. The van der Waals surface area contributed by atoms with E-state index in [1.807, 2.05) is 24.1 Å². The van der Waals surface area contributed by atoms with Crippen molar-refractivity contribution in [3.63, 3.8) is 0 Å². The molecule has 0 saturated carbocycles. The molecule has 1 fully saturated rings. The van der Waals surface area contributed by atoms with Gasteiger partial charge >= 0.3 is 7.60 Å². The number of anilines is 1. The van der Waals surface area contributed by atoms with Crippen LogP contribution in [0.15, 0.2) is 36.4 Å². The molecule has 38 heavy (non-hydrogen) atoms. The van der Waals surface area contributed by atoms with Gasteiger partial charge < -0.3 is 19.6 Å². The van der Waals surface area contributed by atoms with Gasteiger partial charge in [-0.15, -0.1) is 12.4 Å². The summed E-state index contributed by atoms with van der Waals surface area (Å²) in [6.45, 7) is 4.32. The fourth-order valence-electron chi connectivity index (χ4n) is 5.51. The summed E-state index contributed by atoms with van der Waals surface area (Å²) in [5.41, 5.74) is 4.07. The van der Waals surface area contributed by atoms with E-state index in [1.54, 1.807) is 19.1 Å². The Hall–Kier alpha value is -1.31. The smallest absolute Gasteiger partial charge is 0.329 e. The van der Waals surface area contributed by atoms with Crippen LogP contribution in [-0.4, -0.2) is 66.1 Å². The number of rotatable bonds is 10. The summed E-state index contributed by atoms with van der Waals surface area (Å²) in [7, 11) is -1.70. The van der Waals surface area contributed by atoms with E-state index in [2.05, 4.69) is 22.3 Å². The minimum Gasteiger partial charge on any atom is -0.384 e. The molecule has 2 aliphatic rings. The van der Waals surface area contributed by atoms with Crippen molar-refractivity contribution in [2.45, 2.75) is 51.1 Å². The van der Waals surface area contributed by atoms with E-state index in [1.165, 1.54) is 18.4 Å². The Kier molecular flexibility index (Phi) is 11.4. The van der Waals surface area contributed by atoms with Crippen LogP contribution in [0.2, 0.25) is 10.0 Å². The fourth-order valence-corrected chi connectivity index (χ4v) is 6.76. The van der Waals surface area contributed by atoms with Crippen molar-refractivity contribution >= 4 is 54.8 Å². The lowest BCUT2D eigenvalue weighted by Gasteiger charge is -2.43. The number of aryl methyl sites for hydroxylation is 1. The minimum absolute atomic E-state index is 0. The highest BCUT2D eigenvalue weighted by molar-refractivity contribution is 7.52. The predicted octanol–water partition coefficient (Wildman–Crippen LogP) is 6.20. The van der Waals surface area contributed by atoms with E-state index in [0.29, 0.717) is 16.6 Å². The molecule has 1 aliphatic carbocycles. The second kappa shape index (κ2) is 13.8. The van der Waals surface area contributed by atoms with E-state index in [4.69, 9.17) is 27.7 Å². The lowest BCUT2D eigenvalue weighted by Crippen LogP contribution is -2.48. The number of nitrogens with one attached hydrogen (secondary N) is 1. The highest BCUT2D eigenvalue weighted by Crippen LogP contribution is 2.42. The normalized spacial score (nSPS) is 20.8. The Balaban J connectivity index is 0.00000400. The van der Waals surface area contributed by atoms with Crippen molar-refractivity contribution < 1.29 is 18.8 Å². The number of halogens is 3. The molecular weight excluding hydrogens is 568 g/mol. The highest BCUT2D eigenvalue weighted by atomic mass is 35.5. The Bertz CT molecular complexity index is 1160. The zero-order valence-electron chi connectivity index (χ0n) is 21.9. The number of benzene rings is 2. The van der Waals surface area contributed by atoms with Gasteiger partial charge in [0.2, 0.25) is 5.91 Å². The number of likely N-dealkylation sites (N-methyl/N-ethyl adjacent to an activating group) is 1. The second-order valence-corrected chi connectivity index (χ2v) is 12.6. The molecule has 1 amide bonds. The third-order valence-corrected chi connectivity index (χ3v) is 9.54. The summed E-state index contributed by atoms with van der Waals surface area (Å²) in [6, 6.07) is 11.7. The predicted molar refractivity (Wildman–Crippen MR) is 157 cm³/mol. The molecule has 3 atom stereocenters. The molecule has 0 radical (unpaired) electrons. The maximum Gasteiger partial charge on any atom is 0.329 e. The number of hydrogen-bond acceptors (Lipinski definition) is 5. The molecule has 2 aromatic rings. The van der Waals surface area contributed by atoms with Gasteiger partial charge in [0.25, 0.3) is 0 Å². The van der Waals surface area contributed by atoms with Crippen LogP contribution in [0, 0.1) is 0 Å². The molecule has 210 valence electrons. The lowest BCUT2D eigenvalue weighted by molar-refractivity contribution is -0.133. The molecule has 0 spiro atoms. The first-order valence-corrected chi connectivity index (χ1v) is 15.5. The van der Waals surface area contributed by atoms with E-state index in [9.17, 15) is 14.3 Å². The standard InChI is InChI=1S/C27H36Cl2N3O4P.ClH/c1-3-36-37(34,35)15-12-30-21-9-7-20-8-11-25(32-13-4-5-14-32)27(22(20)18-21)31(2)26(33)17-19-6-10-23(28)24(29)16-19;/h6-7,9-10,16,18,25,27,30H,3-5,8,11-15,17H2,1-2H3,(H,34,35);1H/t25-,27-;/m0./s1. The third-order valence-electron chi connectivity index (χ3n) is 7.35. The molecule has 11 heteroatoms. The molecule has 7 nitrogen and oxygen atoms in total. The van der Waals surface area contributed by atoms with Gasteiger partial charge in [0.15, 0.2) is 0 Å². The zero-order valence-corrected chi connectivity index (χ0v) is 25.1. The van der Waals surface area contributed by atoms with Crippen molar-refractivity contribution in [3.8, 4) is 0 Å². The molecule has 0 aromatic heterocycles. The summed E-state index contributed by atoms with van der Waals surface area (Å²) in [4.78, 5) is 27.9. The third kappa shape index (κ3) is 7.66. The number of likely N-dealkylation sites (tertiary alicyclic amines) is 1. The Morgan fingerprint density at radius 1 is 1.18 bits per heavy atom. The highest BCUT2D eigenvalue weighted by Gasteiger charge is 2.38. The molecule has 1 saturated heterocycles. The quantitative estimate of drug-likeness (QED) is 0.314. The lowest BCUT2D eigenvalue weighted by atomic mass is 9.82. The van der Waals surface area contributed by atoms with Crippen LogP contribution in [0.25, 0.3) is 0 Å². The van der Waals surface area contributed by atoms with Crippen molar-refractivity contribution in [2.24, 2.45) is 0 Å². The molecular formula is C27H37Cl3N3O4P. The molecule has 4 rings (SSSR count). The Morgan fingerprint density at radius 2 is 1.92 bits per heavy atom. The average molecular weight is 605 g/mol. The van der Waals surface area contributed by atoms with Crippen LogP contribution >= 0.6 is 43.2 Å². The SMILES string of the molecule is CCOP(=O)(O)CCNc1ccc2c(c1)[C@H](N(C)C(=O)Cc1ccc(Cl)c(Cl)c1)[C@@H](N1CCCC1)CC2.Cl. The minimum atomic E-state index is -3.60. The summed E-state index contributed by atoms with van der Waals surface area (Å²) in [5.74, 6) is 0.0248. The van der Waals surface area contributed by atoms with Crippen molar-refractivity contribution in [2.75, 3.05) is 44.8 Å². The second-order valence-electron chi connectivity index (χ2n) is 9.84. The van der Waals surface area contributed by atoms with Gasteiger partial charge in [-0.05, 0) is 86.7 Å².